The number of nitrogens with zero attached hydrogens (tertiary/aromatic N) is 3. The van der Waals surface area contributed by atoms with Crippen molar-refractivity contribution in [3.63, 3.8) is 0 Å². The first kappa shape index (κ1) is 13.8. The molecular formula is C14H15N3O3. The third-order valence-electron chi connectivity index (χ3n) is 2.74. The monoisotopic (exact) mass is 273 g/mol. The maximum Gasteiger partial charge on any atom is 0.335 e. The molecule has 0 atom stereocenters. The highest BCUT2D eigenvalue weighted by atomic mass is 16.5. The molecule has 0 aliphatic rings. The molecule has 1 N–H and O–H groups in total. The molecule has 0 fully saturated rings. The zero-order chi connectivity index (χ0) is 14.7. The molecule has 6 nitrogen and oxygen atoms in total. The molecule has 104 valence electrons. The molecule has 20 heavy (non-hydrogen) atoms. The van der Waals surface area contributed by atoms with Crippen molar-refractivity contribution in [1.82, 2.24) is 9.97 Å². The predicted octanol–water partition coefficient (Wildman–Crippen LogP) is 1.92. The van der Waals surface area contributed by atoms with Crippen molar-refractivity contribution < 1.29 is 14.6 Å². The third-order valence-corrected chi connectivity index (χ3v) is 2.74. The van der Waals surface area contributed by atoms with E-state index in [0.717, 1.165) is 5.56 Å². The van der Waals surface area contributed by atoms with Gasteiger partial charge in [0.25, 0.3) is 0 Å². The van der Waals surface area contributed by atoms with E-state index in [1.807, 2.05) is 25.1 Å². The van der Waals surface area contributed by atoms with Gasteiger partial charge in [0.1, 0.15) is 5.82 Å². The van der Waals surface area contributed by atoms with Crippen LogP contribution in [0.2, 0.25) is 0 Å². The fraction of sp³-hybridized carbons (Fsp3) is 0.214. The largest absolute Gasteiger partial charge is 0.481 e. The summed E-state index contributed by atoms with van der Waals surface area (Å²) >= 11 is 0. The number of aromatic nitrogens is 2. The Bertz CT molecular complexity index is 641. The Morgan fingerprint density at radius 3 is 2.70 bits per heavy atom. The van der Waals surface area contributed by atoms with E-state index in [-0.39, 0.29) is 11.4 Å². The zero-order valence-electron chi connectivity index (χ0n) is 11.5. The molecule has 0 amide bonds. The van der Waals surface area contributed by atoms with Crippen LogP contribution in [0.5, 0.6) is 5.88 Å². The van der Waals surface area contributed by atoms with Crippen LogP contribution in [0.3, 0.4) is 0 Å². The molecule has 0 saturated heterocycles. The van der Waals surface area contributed by atoms with Crippen LogP contribution in [0.25, 0.3) is 11.3 Å². The van der Waals surface area contributed by atoms with Crippen LogP contribution in [0.15, 0.2) is 30.5 Å². The highest BCUT2D eigenvalue weighted by molar-refractivity contribution is 5.90. The SMILES string of the molecule is COc1cc(C(=O)O)cc(-c2cccnc2N(C)C)n1. The summed E-state index contributed by atoms with van der Waals surface area (Å²) < 4.78 is 5.06. The first-order valence-electron chi connectivity index (χ1n) is 5.95. The average molecular weight is 273 g/mol. The highest BCUT2D eigenvalue weighted by Crippen LogP contribution is 2.28. The molecular weight excluding hydrogens is 258 g/mol. The number of carboxylic acids is 1. The van der Waals surface area contributed by atoms with Gasteiger partial charge in [-0.15, -0.1) is 0 Å². The molecule has 0 aromatic carbocycles. The van der Waals surface area contributed by atoms with E-state index in [2.05, 4.69) is 9.97 Å². The van der Waals surface area contributed by atoms with Gasteiger partial charge in [-0.3, -0.25) is 0 Å². The standard InChI is InChI=1S/C14H15N3O3/c1-17(2)13-10(5-4-6-15-13)11-7-9(14(18)19)8-12(16-11)20-3/h4-8H,1-3H3,(H,18,19). The summed E-state index contributed by atoms with van der Waals surface area (Å²) in [5, 5.41) is 9.15. The summed E-state index contributed by atoms with van der Waals surface area (Å²) in [4.78, 5) is 21.6. The van der Waals surface area contributed by atoms with Crippen LogP contribution < -0.4 is 9.64 Å². The Balaban J connectivity index is 2.63. The van der Waals surface area contributed by atoms with Gasteiger partial charge in [0, 0.05) is 31.9 Å². The summed E-state index contributed by atoms with van der Waals surface area (Å²) in [6.45, 7) is 0. The summed E-state index contributed by atoms with van der Waals surface area (Å²) in [5.74, 6) is -0.0553. The second-order valence-electron chi connectivity index (χ2n) is 4.36. The molecule has 2 aromatic rings. The molecule has 0 radical (unpaired) electrons. The van der Waals surface area contributed by atoms with Gasteiger partial charge in [-0.05, 0) is 18.2 Å². The first-order chi connectivity index (χ1) is 9.52. The quantitative estimate of drug-likeness (QED) is 0.917. The number of methoxy groups -OCH3 is 1. The summed E-state index contributed by atoms with van der Waals surface area (Å²) in [7, 11) is 5.18. The van der Waals surface area contributed by atoms with Crippen LogP contribution in [0.1, 0.15) is 10.4 Å². The van der Waals surface area contributed by atoms with Gasteiger partial charge >= 0.3 is 5.97 Å². The number of anilines is 1. The average Bonchev–Trinajstić information content (AvgIpc) is 2.46. The molecule has 0 spiro atoms. The number of hydrogen-bond donors (Lipinski definition) is 1. The Morgan fingerprint density at radius 2 is 2.10 bits per heavy atom. The Kier molecular flexibility index (Phi) is 3.84. The van der Waals surface area contributed by atoms with Crippen LogP contribution in [-0.2, 0) is 0 Å². The molecule has 6 heteroatoms. The number of rotatable bonds is 4. The number of aromatic carboxylic acids is 1. The fourth-order valence-electron chi connectivity index (χ4n) is 1.82. The van der Waals surface area contributed by atoms with Gasteiger partial charge in [-0.1, -0.05) is 0 Å². The smallest absolute Gasteiger partial charge is 0.335 e. The minimum atomic E-state index is -1.03. The molecule has 2 rings (SSSR count). The van der Waals surface area contributed by atoms with E-state index in [1.54, 1.807) is 12.3 Å². The molecule has 0 bridgehead atoms. The van der Waals surface area contributed by atoms with Crippen molar-refractivity contribution in [3.8, 4) is 17.1 Å². The first-order valence-corrected chi connectivity index (χ1v) is 5.95. The van der Waals surface area contributed by atoms with Gasteiger partial charge in [-0.2, -0.15) is 0 Å². The minimum Gasteiger partial charge on any atom is -0.481 e. The maximum atomic E-state index is 11.2. The number of ether oxygens (including phenoxy) is 1. The number of pyridine rings is 2. The van der Waals surface area contributed by atoms with E-state index in [9.17, 15) is 4.79 Å². The van der Waals surface area contributed by atoms with E-state index < -0.39 is 5.97 Å². The van der Waals surface area contributed by atoms with Crippen LogP contribution in [-0.4, -0.2) is 42.2 Å². The van der Waals surface area contributed by atoms with Crippen LogP contribution >= 0.6 is 0 Å². The van der Waals surface area contributed by atoms with E-state index in [1.165, 1.54) is 19.2 Å². The van der Waals surface area contributed by atoms with Crippen molar-refractivity contribution in [2.45, 2.75) is 0 Å². The molecule has 0 aliphatic heterocycles. The lowest BCUT2D eigenvalue weighted by atomic mass is 10.1. The molecule has 0 unspecified atom stereocenters. The van der Waals surface area contributed by atoms with Gasteiger partial charge in [0.2, 0.25) is 5.88 Å². The predicted molar refractivity (Wildman–Crippen MR) is 75.3 cm³/mol. The number of hydrogen-bond acceptors (Lipinski definition) is 5. The second-order valence-corrected chi connectivity index (χ2v) is 4.36. The molecule has 0 saturated carbocycles. The van der Waals surface area contributed by atoms with Crippen molar-refractivity contribution in [1.29, 1.82) is 0 Å². The number of carboxylic acid groups (broad SMARTS) is 1. The normalized spacial score (nSPS) is 10.2. The fourth-order valence-corrected chi connectivity index (χ4v) is 1.82. The van der Waals surface area contributed by atoms with Crippen LogP contribution in [0, 0.1) is 0 Å². The Morgan fingerprint density at radius 1 is 1.35 bits per heavy atom. The van der Waals surface area contributed by atoms with Crippen molar-refractivity contribution in [3.05, 3.63) is 36.0 Å². The maximum absolute atomic E-state index is 11.2. The van der Waals surface area contributed by atoms with Crippen molar-refractivity contribution >= 4 is 11.8 Å². The Hall–Kier alpha value is -2.63. The highest BCUT2D eigenvalue weighted by Gasteiger charge is 2.14. The Labute approximate surface area is 116 Å². The van der Waals surface area contributed by atoms with Gasteiger partial charge in [-0.25, -0.2) is 14.8 Å². The zero-order valence-corrected chi connectivity index (χ0v) is 11.5. The third kappa shape index (κ3) is 2.69. The molecule has 2 heterocycles. The second kappa shape index (κ2) is 5.56. The lowest BCUT2D eigenvalue weighted by Crippen LogP contribution is -2.12. The lowest BCUT2D eigenvalue weighted by Gasteiger charge is -2.16. The van der Waals surface area contributed by atoms with E-state index in [4.69, 9.17) is 9.84 Å². The lowest BCUT2D eigenvalue weighted by molar-refractivity contribution is 0.0696. The molecule has 2 aromatic heterocycles. The van der Waals surface area contributed by atoms with Crippen LogP contribution in [0.4, 0.5) is 5.82 Å². The molecule has 0 aliphatic carbocycles. The number of carbonyl (C=O) groups is 1. The van der Waals surface area contributed by atoms with Crippen molar-refractivity contribution in [2.75, 3.05) is 26.1 Å². The van der Waals surface area contributed by atoms with Gasteiger partial charge in [0.15, 0.2) is 0 Å². The van der Waals surface area contributed by atoms with Crippen molar-refractivity contribution in [2.24, 2.45) is 0 Å². The van der Waals surface area contributed by atoms with E-state index in [0.29, 0.717) is 11.5 Å². The summed E-state index contributed by atoms with van der Waals surface area (Å²) in [6.07, 6.45) is 1.68. The topological polar surface area (TPSA) is 75.6 Å². The summed E-state index contributed by atoms with van der Waals surface area (Å²) in [6, 6.07) is 6.52. The summed E-state index contributed by atoms with van der Waals surface area (Å²) in [5.41, 5.74) is 1.39. The minimum absolute atomic E-state index is 0.125. The van der Waals surface area contributed by atoms with Gasteiger partial charge in [0.05, 0.1) is 18.4 Å². The van der Waals surface area contributed by atoms with E-state index >= 15 is 0 Å². The van der Waals surface area contributed by atoms with Gasteiger partial charge < -0.3 is 14.7 Å².